The van der Waals surface area contributed by atoms with E-state index in [4.69, 9.17) is 25.7 Å². The molecule has 9 fully saturated rings. The largest absolute Gasteiger partial charge is 0.467 e. The van der Waals surface area contributed by atoms with Crippen LogP contribution in [0.5, 0.6) is 0 Å². The zero-order valence-electron chi connectivity index (χ0n) is 82.7. The second kappa shape index (κ2) is 43.4. The van der Waals surface area contributed by atoms with Crippen molar-refractivity contribution >= 4 is 107 Å². The number of piperidine rings is 3. The van der Waals surface area contributed by atoms with Crippen LogP contribution >= 0.6 is 0 Å². The summed E-state index contributed by atoms with van der Waals surface area (Å²) in [5.74, 6) is -10.1. The van der Waals surface area contributed by atoms with Gasteiger partial charge in [0, 0.05) is 26.2 Å². The predicted octanol–water partition coefficient (Wildman–Crippen LogP) is 6.56. The molecule has 744 valence electrons. The van der Waals surface area contributed by atoms with Crippen molar-refractivity contribution in [2.45, 2.75) is 314 Å². The number of ether oxygens (including phenoxy) is 3. The first-order valence-electron chi connectivity index (χ1n) is 47.5. The first-order valence-corrected chi connectivity index (χ1v) is 47.5. The van der Waals surface area contributed by atoms with Gasteiger partial charge in [-0.2, -0.15) is 0 Å². The van der Waals surface area contributed by atoms with E-state index in [0.29, 0.717) is 58.2 Å². The summed E-state index contributed by atoms with van der Waals surface area (Å²) >= 11 is 0. The van der Waals surface area contributed by atoms with Crippen molar-refractivity contribution in [2.75, 3.05) is 39.9 Å². The number of primary amides is 2. The van der Waals surface area contributed by atoms with E-state index in [1.165, 1.54) is 34.0 Å². The number of nitrogens with zero attached hydrogens (tertiary/aromatic N) is 3. The fourth-order valence-electron chi connectivity index (χ4n) is 19.9. The normalized spacial score (nSPS) is 24.2. The minimum atomic E-state index is -1.16. The van der Waals surface area contributed by atoms with E-state index in [1.807, 2.05) is 134 Å². The third-order valence-electron chi connectivity index (χ3n) is 28.9. The van der Waals surface area contributed by atoms with Gasteiger partial charge in [-0.25, -0.2) is 28.8 Å². The summed E-state index contributed by atoms with van der Waals surface area (Å²) in [6.07, 6.45) is 12.0. The molecule has 6 saturated carbocycles. The Kier molecular flexibility index (Phi) is 35.2. The number of esters is 3. The highest BCUT2D eigenvalue weighted by Gasteiger charge is 2.73. The van der Waals surface area contributed by atoms with Gasteiger partial charge in [-0.05, 0) is 129 Å². The lowest BCUT2D eigenvalue weighted by Gasteiger charge is -2.39. The first-order chi connectivity index (χ1) is 62.2. The van der Waals surface area contributed by atoms with Gasteiger partial charge in [-0.1, -0.05) is 252 Å². The Morgan fingerprint density at radius 2 is 0.866 bits per heavy atom. The van der Waals surface area contributed by atoms with Crippen molar-refractivity contribution in [3.8, 4) is 0 Å². The fourth-order valence-corrected chi connectivity index (χ4v) is 19.9. The summed E-state index contributed by atoms with van der Waals surface area (Å²) < 4.78 is 15.7. The smallest absolute Gasteiger partial charge is 0.331 e. The van der Waals surface area contributed by atoms with Gasteiger partial charge >= 0.3 is 36.0 Å². The number of nitrogens with one attached hydrogen (secondary N) is 10. The van der Waals surface area contributed by atoms with Crippen molar-refractivity contribution in [1.29, 1.82) is 0 Å². The van der Waals surface area contributed by atoms with Gasteiger partial charge in [-0.15, -0.1) is 6.58 Å². The van der Waals surface area contributed by atoms with Crippen molar-refractivity contribution in [3.05, 3.63) is 61.2 Å². The predicted molar refractivity (Wildman–Crippen MR) is 497 cm³/mol. The Balaban J connectivity index is 0.000000248. The second-order valence-electron chi connectivity index (χ2n) is 44.4. The molecule has 1 aromatic carbocycles. The number of hydrogen-bond acceptors (Lipinski definition) is 21. The van der Waals surface area contributed by atoms with Gasteiger partial charge in [0.2, 0.25) is 52.8 Å². The number of urea groups is 3. The highest BCUT2D eigenvalue weighted by atomic mass is 16.5. The maximum absolute atomic E-state index is 14.3. The lowest BCUT2D eigenvalue weighted by atomic mass is 9.81. The number of benzene rings is 1. The maximum atomic E-state index is 14.3. The zero-order chi connectivity index (χ0) is 101. The Hall–Kier alpha value is -10.8. The lowest BCUT2D eigenvalue weighted by Crippen LogP contribution is -2.64. The average molecular weight is 1880 g/mol. The van der Waals surface area contributed by atoms with E-state index in [0.717, 1.165) is 50.5 Å². The molecule has 10 rings (SSSR count). The van der Waals surface area contributed by atoms with Crippen LogP contribution in [-0.4, -0.2) is 233 Å². The van der Waals surface area contributed by atoms with Crippen LogP contribution in [0.2, 0.25) is 0 Å². The van der Waals surface area contributed by atoms with E-state index >= 15 is 0 Å². The van der Waals surface area contributed by atoms with Gasteiger partial charge in [0.25, 0.3) is 17.7 Å². The molecule has 3 heterocycles. The number of amides is 15. The number of rotatable bonds is 38. The Morgan fingerprint density at radius 3 is 1.22 bits per heavy atom. The molecule has 9 aliphatic rings. The average Bonchev–Trinajstić information content (AvgIpc) is 1.48. The van der Waals surface area contributed by atoms with E-state index in [9.17, 15) is 86.3 Å². The molecule has 0 aromatic heterocycles. The first kappa shape index (κ1) is 108. The Bertz CT molecular complexity index is 4580. The summed E-state index contributed by atoms with van der Waals surface area (Å²) in [6.45, 7) is 47.6. The van der Waals surface area contributed by atoms with Crippen LogP contribution in [0, 0.1) is 91.2 Å². The standard InChI is InChI=1S/C35H51N5O7.C33H53N5O7.C30H47N5O7/c1-8-19(2)25(32(45)47-18-21-12-10-9-11-13-21)38-33(46)39-28(34(3,4)5)31(44)40-17-22-24(35(22,6)7)26(40)30(43)37-23(16-20-14-15-20)27(41)29(36)42;1-12-15-20(23(39)27(41)34-16-13-2)35-26(40)22-21-19(33(21,10)11)18-38(22)28(42)24(31(4,5)6)36-30(44)37-25(32(7,8)9)29(43)45-17-14-3;1-28(2,3)22(33-27(41)34-30(26(40)42-6)12-8-7-9-13-30)25(39)35-15-17-19(29(17,4)5)20(35)24(38)32-18(14-16-10-11-16)21(36)23(31)37/h9-13,19-20,22-26,28H,8,14-18H2,1-7H3,(H2,36,42)(H,37,43)(H2,38,39,46);13-14,19-22,24-25H,2-3,12,15-18H2,1,4-11H3,(H,34,41)(H,35,40)(H2,36,37,44);16-20,22H,7-15H2,1-6H3,(H2,31,37)(H,32,38)(H2,33,34,41)/t19-,22-,23?,24-,25-,26-,28+;19-,20?,21-,22-,24+,25+;17-,18?,19-,20-,22+/m000/s1. The highest BCUT2D eigenvalue weighted by molar-refractivity contribution is 6.39. The number of methoxy groups -OCH3 is 1. The molecule has 6 aliphatic carbocycles. The molecule has 134 heavy (non-hydrogen) atoms. The molecule has 3 unspecified atom stereocenters. The van der Waals surface area contributed by atoms with Gasteiger partial charge < -0.3 is 93.5 Å². The van der Waals surface area contributed by atoms with Crippen LogP contribution in [0.3, 0.4) is 0 Å². The number of nitrogens with two attached hydrogens (primary N) is 2. The molecule has 0 bridgehead atoms. The molecule has 3 saturated heterocycles. The van der Waals surface area contributed by atoms with Crippen LogP contribution in [-0.2, 0) is 92.7 Å². The summed E-state index contributed by atoms with van der Waals surface area (Å²) in [5.41, 5.74) is 6.64. The number of hydrogen-bond donors (Lipinski definition) is 12. The Morgan fingerprint density at radius 1 is 0.485 bits per heavy atom. The second-order valence-corrected chi connectivity index (χ2v) is 44.4. The Labute approximate surface area is 788 Å². The number of likely N-dealkylation sites (tertiary alicyclic amines) is 3. The quantitative estimate of drug-likeness (QED) is 0.0144. The van der Waals surface area contributed by atoms with E-state index in [1.54, 1.807) is 41.5 Å². The number of ketones is 3. The molecule has 36 nitrogen and oxygen atoms in total. The number of carbonyl (C=O) groups excluding carboxylic acids is 18. The van der Waals surface area contributed by atoms with E-state index in [-0.39, 0.29) is 95.7 Å². The molecule has 1 aromatic rings. The lowest BCUT2D eigenvalue weighted by molar-refractivity contribution is -0.150. The zero-order valence-corrected chi connectivity index (χ0v) is 82.7. The SMILES string of the molecule is C=CCNC(=O)C(=O)C(CCC)NC(=O)[C@@H]1[C@@H]2[C@H](CN1C(=O)[C@@H](NC(=O)N[C@H](C(=O)OCC=C)C(C)(C)C)C(C)(C)C)C2(C)C.CC[C@H](C)[C@H](NC(=O)N[C@H](C(=O)N1C[C@H]2[C@@H]([C@H]1C(=O)NC(CC1CC1)C(=O)C(N)=O)C2(C)C)C(C)(C)C)C(=O)OCc1ccccc1.COC(=O)C1(NC(=O)N[C@H](C(=O)N2C[C@H]3[C@@H]([C@H]2C(=O)NC(CC2CC2)C(=O)C(N)=O)C3(C)C)C(C)(C)C)CCCCC1. The highest BCUT2D eigenvalue weighted by Crippen LogP contribution is 2.67. The van der Waals surface area contributed by atoms with Crippen LogP contribution in [0.25, 0.3) is 0 Å². The molecule has 14 N–H and O–H groups in total. The van der Waals surface area contributed by atoms with Crippen LogP contribution in [0.4, 0.5) is 14.4 Å². The summed E-state index contributed by atoms with van der Waals surface area (Å²) in [6, 6.07) is -3.74. The van der Waals surface area contributed by atoms with E-state index in [2.05, 4.69) is 66.3 Å². The molecule has 18 atom stereocenters. The van der Waals surface area contributed by atoms with Crippen molar-refractivity contribution in [2.24, 2.45) is 103 Å². The fraction of sp³-hybridized carbons (Fsp3) is 0.714. The topological polar surface area (TPSA) is 517 Å². The molecule has 0 radical (unpaired) electrons. The maximum Gasteiger partial charge on any atom is 0.331 e. The van der Waals surface area contributed by atoms with Gasteiger partial charge in [0.05, 0.1) is 25.2 Å². The van der Waals surface area contributed by atoms with E-state index < -0.39 is 200 Å². The third kappa shape index (κ3) is 26.2. The molecule has 3 aliphatic heterocycles. The van der Waals surface area contributed by atoms with Gasteiger partial charge in [-0.3, -0.25) is 57.5 Å². The van der Waals surface area contributed by atoms with Crippen molar-refractivity contribution in [1.82, 2.24) is 67.9 Å². The minimum Gasteiger partial charge on any atom is -0.467 e. The molecular formula is C98H151N15O21. The summed E-state index contributed by atoms with van der Waals surface area (Å²) in [4.78, 5) is 241. The van der Waals surface area contributed by atoms with Crippen LogP contribution < -0.4 is 64.6 Å². The number of carbonyl (C=O) groups is 18. The summed E-state index contributed by atoms with van der Waals surface area (Å²) in [7, 11) is 1.29. The summed E-state index contributed by atoms with van der Waals surface area (Å²) in [5, 5.41) is 27.3. The van der Waals surface area contributed by atoms with Gasteiger partial charge in [0.15, 0.2) is 0 Å². The number of Topliss-reactive ketones (excluding diaryl/α,β-unsaturated/α-hetero) is 3. The molecule has 0 spiro atoms. The third-order valence-corrected chi connectivity index (χ3v) is 28.9. The van der Waals surface area contributed by atoms with Crippen molar-refractivity contribution < 1.29 is 101 Å². The number of fused-ring (bicyclic) bond motifs is 3. The molecule has 15 amide bonds. The minimum absolute atomic E-state index is 0.0148. The molecular weight excluding hydrogens is 1720 g/mol. The van der Waals surface area contributed by atoms with Crippen molar-refractivity contribution in [3.63, 3.8) is 0 Å². The van der Waals surface area contributed by atoms with Crippen LogP contribution in [0.1, 0.15) is 241 Å². The van der Waals surface area contributed by atoms with Gasteiger partial charge in [0.1, 0.15) is 67.1 Å². The monoisotopic (exact) mass is 1870 g/mol. The van der Waals surface area contributed by atoms with Crippen LogP contribution in [0.15, 0.2) is 55.6 Å². The molecule has 36 heteroatoms.